The van der Waals surface area contributed by atoms with Gasteiger partial charge in [-0.1, -0.05) is 0 Å². The fraction of sp³-hybridized carbons (Fsp3) is 0.429. The smallest absolute Gasteiger partial charge is 0.256 e. The molecule has 2 aromatic heterocycles. The minimum Gasteiger partial charge on any atom is -0.378 e. The number of hydrogen-bond acceptors (Lipinski definition) is 5. The molecule has 0 bridgehead atoms. The van der Waals surface area contributed by atoms with E-state index in [1.54, 1.807) is 13.2 Å². The van der Waals surface area contributed by atoms with Gasteiger partial charge in [0.2, 0.25) is 0 Å². The van der Waals surface area contributed by atoms with Crippen molar-refractivity contribution in [1.82, 2.24) is 24.6 Å². The van der Waals surface area contributed by atoms with Crippen LogP contribution in [0.3, 0.4) is 0 Å². The van der Waals surface area contributed by atoms with Crippen molar-refractivity contribution in [2.45, 2.75) is 26.1 Å². The van der Waals surface area contributed by atoms with E-state index in [0.717, 1.165) is 18.1 Å². The van der Waals surface area contributed by atoms with Crippen LogP contribution in [-0.4, -0.2) is 44.2 Å². The average molecular weight is 287 g/mol. The van der Waals surface area contributed by atoms with Gasteiger partial charge in [-0.15, -0.1) is 0 Å². The number of rotatable bonds is 3. The molecule has 0 fully saturated rings. The molecule has 3 rings (SSSR count). The lowest BCUT2D eigenvalue weighted by atomic mass is 10.1. The Labute approximate surface area is 122 Å². The summed E-state index contributed by atoms with van der Waals surface area (Å²) in [5.74, 6) is 0.851. The molecule has 21 heavy (non-hydrogen) atoms. The Morgan fingerprint density at radius 2 is 2.24 bits per heavy atom. The Morgan fingerprint density at radius 3 is 2.95 bits per heavy atom. The topological polar surface area (TPSA) is 73.1 Å². The molecule has 0 aromatic carbocycles. The number of ether oxygens (including phenoxy) is 1. The van der Waals surface area contributed by atoms with Crippen molar-refractivity contribution in [3.05, 3.63) is 41.7 Å². The second kappa shape index (κ2) is 5.61. The lowest BCUT2D eigenvalue weighted by Gasteiger charge is -2.34. The highest BCUT2D eigenvalue weighted by molar-refractivity contribution is 5.94. The molecule has 7 nitrogen and oxygen atoms in total. The van der Waals surface area contributed by atoms with Crippen molar-refractivity contribution >= 4 is 5.91 Å². The molecule has 2 aromatic rings. The van der Waals surface area contributed by atoms with E-state index in [0.29, 0.717) is 18.7 Å². The van der Waals surface area contributed by atoms with E-state index in [9.17, 15) is 4.79 Å². The van der Waals surface area contributed by atoms with Gasteiger partial charge in [0.15, 0.2) is 0 Å². The third-order valence-electron chi connectivity index (χ3n) is 3.76. The van der Waals surface area contributed by atoms with Gasteiger partial charge < -0.3 is 14.2 Å². The molecule has 7 heteroatoms. The van der Waals surface area contributed by atoms with Gasteiger partial charge in [0.05, 0.1) is 42.5 Å². The molecule has 1 atom stereocenters. The van der Waals surface area contributed by atoms with Crippen LogP contribution in [0.1, 0.15) is 34.8 Å². The first kappa shape index (κ1) is 13.7. The summed E-state index contributed by atoms with van der Waals surface area (Å²) in [4.78, 5) is 18.8. The molecule has 0 unspecified atom stereocenters. The van der Waals surface area contributed by atoms with Gasteiger partial charge in [0.1, 0.15) is 5.82 Å². The summed E-state index contributed by atoms with van der Waals surface area (Å²) in [5, 5.41) is 7.46. The molecule has 0 spiro atoms. The predicted octanol–water partition coefficient (Wildman–Crippen LogP) is 1.04. The van der Waals surface area contributed by atoms with E-state index >= 15 is 0 Å². The molecular weight excluding hydrogens is 270 g/mol. The highest BCUT2D eigenvalue weighted by Crippen LogP contribution is 2.26. The first-order valence-electron chi connectivity index (χ1n) is 6.83. The van der Waals surface area contributed by atoms with Crippen LogP contribution < -0.4 is 0 Å². The van der Waals surface area contributed by atoms with E-state index < -0.39 is 0 Å². The van der Waals surface area contributed by atoms with E-state index in [1.165, 1.54) is 12.4 Å². The number of carbonyl (C=O) groups is 1. The maximum absolute atomic E-state index is 12.5. The van der Waals surface area contributed by atoms with Crippen LogP contribution in [0.15, 0.2) is 24.7 Å². The molecule has 0 radical (unpaired) electrons. The molecular formula is C14H17N5O2. The second-order valence-corrected chi connectivity index (χ2v) is 5.00. The molecule has 0 aliphatic carbocycles. The maximum Gasteiger partial charge on any atom is 0.256 e. The Bertz CT molecular complexity index is 640. The van der Waals surface area contributed by atoms with Crippen molar-refractivity contribution in [2.75, 3.05) is 13.7 Å². The quantitative estimate of drug-likeness (QED) is 0.843. The van der Waals surface area contributed by atoms with E-state index in [1.807, 2.05) is 18.0 Å². The van der Waals surface area contributed by atoms with Crippen LogP contribution in [0, 0.1) is 0 Å². The monoisotopic (exact) mass is 287 g/mol. The molecule has 1 aliphatic rings. The normalized spacial score (nSPS) is 17.6. The highest BCUT2D eigenvalue weighted by atomic mass is 16.5. The van der Waals surface area contributed by atoms with Gasteiger partial charge in [-0.3, -0.25) is 4.79 Å². The molecule has 0 saturated heterocycles. The number of imidazole rings is 1. The Morgan fingerprint density at radius 1 is 1.38 bits per heavy atom. The van der Waals surface area contributed by atoms with Gasteiger partial charge >= 0.3 is 0 Å². The number of methoxy groups -OCH3 is 1. The largest absolute Gasteiger partial charge is 0.378 e. The third kappa shape index (κ3) is 2.40. The molecule has 1 aliphatic heterocycles. The van der Waals surface area contributed by atoms with Crippen LogP contribution in [0.25, 0.3) is 0 Å². The maximum atomic E-state index is 12.5. The number of nitrogens with zero attached hydrogens (tertiary/aromatic N) is 5. The molecule has 1 amide bonds. The van der Waals surface area contributed by atoms with Crippen LogP contribution in [0.5, 0.6) is 0 Å². The van der Waals surface area contributed by atoms with Crippen LogP contribution in [-0.2, 0) is 17.9 Å². The fourth-order valence-corrected chi connectivity index (χ4v) is 2.68. The number of carbonyl (C=O) groups excluding carboxylic acids is 1. The van der Waals surface area contributed by atoms with Crippen molar-refractivity contribution in [1.29, 1.82) is 0 Å². The SMILES string of the molecule is COCc1cnc2n1CCN(C(=O)c1ccnnc1)[C@H]2C. The van der Waals surface area contributed by atoms with Crippen molar-refractivity contribution in [3.8, 4) is 0 Å². The van der Waals surface area contributed by atoms with Gasteiger partial charge in [0, 0.05) is 20.2 Å². The number of hydrogen-bond donors (Lipinski definition) is 0. The first-order chi connectivity index (χ1) is 10.2. The highest BCUT2D eigenvalue weighted by Gasteiger charge is 2.30. The standard InChI is InChI=1S/C14H17N5O2/c1-10-13-15-8-12(9-21-2)19(13)6-5-18(10)14(20)11-3-4-16-17-7-11/h3-4,7-8,10H,5-6,9H2,1-2H3/t10-/m0/s1. The van der Waals surface area contributed by atoms with Crippen LogP contribution in [0.2, 0.25) is 0 Å². The summed E-state index contributed by atoms with van der Waals surface area (Å²) in [5.41, 5.74) is 1.59. The molecule has 110 valence electrons. The van der Waals surface area contributed by atoms with E-state index in [4.69, 9.17) is 4.74 Å². The van der Waals surface area contributed by atoms with Crippen molar-refractivity contribution in [3.63, 3.8) is 0 Å². The Hall–Kier alpha value is -2.28. The lowest BCUT2D eigenvalue weighted by molar-refractivity contribution is 0.0632. The summed E-state index contributed by atoms with van der Waals surface area (Å²) in [6, 6.07) is 1.60. The minimum absolute atomic E-state index is 0.0417. The molecule has 0 N–H and O–H groups in total. The Kier molecular flexibility index (Phi) is 3.66. The van der Waals surface area contributed by atoms with Crippen LogP contribution >= 0.6 is 0 Å². The van der Waals surface area contributed by atoms with Gasteiger partial charge in [-0.05, 0) is 13.0 Å². The zero-order valence-electron chi connectivity index (χ0n) is 12.1. The predicted molar refractivity (Wildman–Crippen MR) is 74.4 cm³/mol. The summed E-state index contributed by atoms with van der Waals surface area (Å²) in [6.45, 7) is 3.88. The Balaban J connectivity index is 1.86. The fourth-order valence-electron chi connectivity index (χ4n) is 2.68. The summed E-state index contributed by atoms with van der Waals surface area (Å²) < 4.78 is 7.30. The lowest BCUT2D eigenvalue weighted by Crippen LogP contribution is -2.41. The summed E-state index contributed by atoms with van der Waals surface area (Å²) in [6.07, 6.45) is 4.84. The van der Waals surface area contributed by atoms with E-state index in [-0.39, 0.29) is 11.9 Å². The van der Waals surface area contributed by atoms with Gasteiger partial charge in [0.25, 0.3) is 5.91 Å². The van der Waals surface area contributed by atoms with Gasteiger partial charge in [-0.2, -0.15) is 10.2 Å². The molecule has 0 saturated carbocycles. The number of fused-ring (bicyclic) bond motifs is 1. The summed E-state index contributed by atoms with van der Waals surface area (Å²) in [7, 11) is 1.67. The minimum atomic E-state index is -0.0787. The van der Waals surface area contributed by atoms with Crippen LogP contribution in [0.4, 0.5) is 0 Å². The zero-order valence-corrected chi connectivity index (χ0v) is 12.1. The molecule has 3 heterocycles. The zero-order chi connectivity index (χ0) is 14.8. The van der Waals surface area contributed by atoms with E-state index in [2.05, 4.69) is 19.7 Å². The van der Waals surface area contributed by atoms with Crippen molar-refractivity contribution in [2.24, 2.45) is 0 Å². The second-order valence-electron chi connectivity index (χ2n) is 5.00. The van der Waals surface area contributed by atoms with Crippen molar-refractivity contribution < 1.29 is 9.53 Å². The number of amides is 1. The summed E-state index contributed by atoms with van der Waals surface area (Å²) >= 11 is 0. The third-order valence-corrected chi connectivity index (χ3v) is 3.76. The van der Waals surface area contributed by atoms with Gasteiger partial charge in [-0.25, -0.2) is 4.98 Å². The average Bonchev–Trinajstić information content (AvgIpc) is 2.92. The number of aromatic nitrogens is 4. The first-order valence-corrected chi connectivity index (χ1v) is 6.83.